The van der Waals surface area contributed by atoms with Gasteiger partial charge in [0.15, 0.2) is 0 Å². The highest BCUT2D eigenvalue weighted by Gasteiger charge is 2.38. The molecule has 1 unspecified atom stereocenters. The maximum absolute atomic E-state index is 3.63. The first-order valence-electron chi connectivity index (χ1n) is 11.4. The first-order valence-corrected chi connectivity index (χ1v) is 11.4. The Labute approximate surface area is 185 Å². The average molecular weight is 404 g/mol. The molecule has 0 saturated carbocycles. The van der Waals surface area contributed by atoms with Gasteiger partial charge in [-0.3, -0.25) is 0 Å². The van der Waals surface area contributed by atoms with E-state index in [-0.39, 0.29) is 5.41 Å². The van der Waals surface area contributed by atoms with Crippen LogP contribution in [0.25, 0.3) is 22.3 Å². The van der Waals surface area contributed by atoms with Gasteiger partial charge in [-0.15, -0.1) is 0 Å². The standard InChI is InChI=1S/C30H29N/c1-3-4-20-30(2)28-13-9-8-12-26(28)27-19-18-25(21-29(27)30)31-24-16-14-23(15-17-24)22-10-6-5-7-11-22/h5-19,21,31H,3-4,20H2,1-2H3. The van der Waals surface area contributed by atoms with Gasteiger partial charge in [0.2, 0.25) is 0 Å². The normalized spacial score (nSPS) is 16.6. The van der Waals surface area contributed by atoms with Crippen LogP contribution >= 0.6 is 0 Å². The van der Waals surface area contributed by atoms with Gasteiger partial charge in [0.25, 0.3) is 0 Å². The Balaban J connectivity index is 1.45. The smallest absolute Gasteiger partial charge is 0.0387 e. The van der Waals surface area contributed by atoms with Crippen LogP contribution in [0.2, 0.25) is 0 Å². The van der Waals surface area contributed by atoms with Gasteiger partial charge in [-0.25, -0.2) is 0 Å². The molecule has 1 atom stereocenters. The third kappa shape index (κ3) is 3.55. The van der Waals surface area contributed by atoms with E-state index in [2.05, 4.69) is 116 Å². The Hall–Kier alpha value is -3.32. The Morgan fingerprint density at radius 1 is 0.645 bits per heavy atom. The molecule has 0 spiro atoms. The molecular weight excluding hydrogens is 374 g/mol. The Morgan fingerprint density at radius 3 is 2.06 bits per heavy atom. The molecule has 154 valence electrons. The number of anilines is 2. The first kappa shape index (κ1) is 19.6. The van der Waals surface area contributed by atoms with Crippen LogP contribution in [0.3, 0.4) is 0 Å². The van der Waals surface area contributed by atoms with Crippen LogP contribution in [0, 0.1) is 0 Å². The van der Waals surface area contributed by atoms with Crippen LogP contribution in [0.5, 0.6) is 0 Å². The minimum atomic E-state index is 0.0802. The quantitative estimate of drug-likeness (QED) is 0.340. The lowest BCUT2D eigenvalue weighted by Crippen LogP contribution is -2.20. The molecular formula is C30H29N. The number of rotatable bonds is 6. The zero-order valence-electron chi connectivity index (χ0n) is 18.4. The molecule has 1 aliphatic carbocycles. The maximum Gasteiger partial charge on any atom is 0.0387 e. The van der Waals surface area contributed by atoms with Crippen molar-refractivity contribution >= 4 is 11.4 Å². The zero-order valence-corrected chi connectivity index (χ0v) is 18.4. The highest BCUT2D eigenvalue weighted by molar-refractivity contribution is 5.83. The van der Waals surface area contributed by atoms with E-state index in [9.17, 15) is 0 Å². The van der Waals surface area contributed by atoms with E-state index < -0.39 is 0 Å². The topological polar surface area (TPSA) is 12.0 Å². The predicted molar refractivity (Wildman–Crippen MR) is 133 cm³/mol. The van der Waals surface area contributed by atoms with Crippen molar-refractivity contribution in [3.05, 3.63) is 108 Å². The molecule has 0 saturated heterocycles. The van der Waals surface area contributed by atoms with E-state index in [1.807, 2.05) is 0 Å². The molecule has 0 fully saturated rings. The summed E-state index contributed by atoms with van der Waals surface area (Å²) in [6.45, 7) is 4.70. The molecule has 0 aromatic heterocycles. The van der Waals surface area contributed by atoms with E-state index in [1.54, 1.807) is 0 Å². The highest BCUT2D eigenvalue weighted by atomic mass is 14.9. The molecule has 1 heteroatoms. The average Bonchev–Trinajstić information content (AvgIpc) is 3.07. The third-order valence-corrected chi connectivity index (χ3v) is 6.74. The van der Waals surface area contributed by atoms with Crippen molar-refractivity contribution in [1.82, 2.24) is 0 Å². The van der Waals surface area contributed by atoms with Gasteiger partial charge in [-0.05, 0) is 64.1 Å². The van der Waals surface area contributed by atoms with Crippen LogP contribution in [-0.2, 0) is 5.41 Å². The minimum Gasteiger partial charge on any atom is -0.356 e. The van der Waals surface area contributed by atoms with E-state index in [4.69, 9.17) is 0 Å². The fourth-order valence-corrected chi connectivity index (χ4v) is 5.00. The van der Waals surface area contributed by atoms with Crippen molar-refractivity contribution in [2.75, 3.05) is 5.32 Å². The molecule has 1 nitrogen and oxygen atoms in total. The summed E-state index contributed by atoms with van der Waals surface area (Å²) in [5.41, 5.74) is 10.5. The van der Waals surface area contributed by atoms with Gasteiger partial charge < -0.3 is 5.32 Å². The number of unbranched alkanes of at least 4 members (excludes halogenated alkanes) is 1. The van der Waals surface area contributed by atoms with Crippen molar-refractivity contribution in [2.45, 2.75) is 38.5 Å². The fraction of sp³-hybridized carbons (Fsp3) is 0.200. The summed E-state index contributed by atoms with van der Waals surface area (Å²) in [5.74, 6) is 0. The molecule has 0 radical (unpaired) electrons. The van der Waals surface area contributed by atoms with Crippen molar-refractivity contribution in [2.24, 2.45) is 0 Å². The van der Waals surface area contributed by atoms with Crippen LogP contribution in [0.4, 0.5) is 11.4 Å². The van der Waals surface area contributed by atoms with E-state index in [0.29, 0.717) is 0 Å². The Morgan fingerprint density at radius 2 is 1.29 bits per heavy atom. The molecule has 0 aliphatic heterocycles. The van der Waals surface area contributed by atoms with Gasteiger partial charge in [-0.2, -0.15) is 0 Å². The minimum absolute atomic E-state index is 0.0802. The zero-order chi connectivity index (χ0) is 21.3. The number of hydrogen-bond acceptors (Lipinski definition) is 1. The second kappa shape index (κ2) is 8.07. The van der Waals surface area contributed by atoms with Gasteiger partial charge in [0.05, 0.1) is 0 Å². The summed E-state index contributed by atoms with van der Waals surface area (Å²) in [6, 6.07) is 35.1. The molecule has 1 N–H and O–H groups in total. The van der Waals surface area contributed by atoms with Gasteiger partial charge in [-0.1, -0.05) is 99.5 Å². The van der Waals surface area contributed by atoms with E-state index in [0.717, 1.165) is 11.4 Å². The van der Waals surface area contributed by atoms with E-state index >= 15 is 0 Å². The summed E-state index contributed by atoms with van der Waals surface area (Å²) in [5, 5.41) is 3.63. The van der Waals surface area contributed by atoms with Crippen LogP contribution in [0.1, 0.15) is 44.2 Å². The lowest BCUT2D eigenvalue weighted by molar-refractivity contribution is 0.504. The third-order valence-electron chi connectivity index (χ3n) is 6.74. The largest absolute Gasteiger partial charge is 0.356 e. The second-order valence-electron chi connectivity index (χ2n) is 8.81. The molecule has 0 heterocycles. The molecule has 1 aliphatic rings. The highest BCUT2D eigenvalue weighted by Crippen LogP contribution is 2.51. The molecule has 0 bridgehead atoms. The van der Waals surface area contributed by atoms with Crippen LogP contribution in [0.15, 0.2) is 97.1 Å². The van der Waals surface area contributed by atoms with Crippen molar-refractivity contribution in [3.8, 4) is 22.3 Å². The Kier molecular flexibility index (Phi) is 5.11. The molecule has 31 heavy (non-hydrogen) atoms. The van der Waals surface area contributed by atoms with Crippen molar-refractivity contribution in [1.29, 1.82) is 0 Å². The van der Waals surface area contributed by atoms with Crippen molar-refractivity contribution in [3.63, 3.8) is 0 Å². The first-order chi connectivity index (χ1) is 15.2. The molecule has 4 aromatic carbocycles. The molecule has 5 rings (SSSR count). The SMILES string of the molecule is CCCCC1(C)c2ccccc2-c2ccc(Nc3ccc(-c4ccccc4)cc3)cc21. The fourth-order valence-electron chi connectivity index (χ4n) is 5.00. The van der Waals surface area contributed by atoms with E-state index in [1.165, 1.54) is 52.6 Å². The predicted octanol–water partition coefficient (Wildman–Crippen LogP) is 8.57. The van der Waals surface area contributed by atoms with Crippen molar-refractivity contribution < 1.29 is 0 Å². The molecule has 0 amide bonds. The van der Waals surface area contributed by atoms with Gasteiger partial charge in [0.1, 0.15) is 0 Å². The number of hydrogen-bond donors (Lipinski definition) is 1. The number of nitrogens with one attached hydrogen (secondary N) is 1. The summed E-state index contributed by atoms with van der Waals surface area (Å²) in [7, 11) is 0. The lowest BCUT2D eigenvalue weighted by atomic mass is 9.76. The van der Waals surface area contributed by atoms with Crippen LogP contribution in [-0.4, -0.2) is 0 Å². The van der Waals surface area contributed by atoms with Gasteiger partial charge >= 0.3 is 0 Å². The van der Waals surface area contributed by atoms with Gasteiger partial charge in [0, 0.05) is 16.8 Å². The van der Waals surface area contributed by atoms with Crippen LogP contribution < -0.4 is 5.32 Å². The summed E-state index contributed by atoms with van der Waals surface area (Å²) in [4.78, 5) is 0. The summed E-state index contributed by atoms with van der Waals surface area (Å²) >= 11 is 0. The summed E-state index contributed by atoms with van der Waals surface area (Å²) < 4.78 is 0. The monoisotopic (exact) mass is 403 g/mol. The second-order valence-corrected chi connectivity index (χ2v) is 8.81. The number of benzene rings is 4. The maximum atomic E-state index is 3.63. The number of fused-ring (bicyclic) bond motifs is 3. The summed E-state index contributed by atoms with van der Waals surface area (Å²) in [6.07, 6.45) is 3.64. The lowest BCUT2D eigenvalue weighted by Gasteiger charge is -2.28. The Bertz CT molecular complexity index is 1190. The molecule has 4 aromatic rings.